The summed E-state index contributed by atoms with van der Waals surface area (Å²) in [5.74, 6) is -2.01. The van der Waals surface area contributed by atoms with Gasteiger partial charge >= 0.3 is 24.1 Å². The van der Waals surface area contributed by atoms with Gasteiger partial charge in [0.2, 0.25) is 7.59 Å². The molecule has 23 heteroatoms. The average molecular weight is 978 g/mol. The molecular weight excluding hydrogens is 925 g/mol. The van der Waals surface area contributed by atoms with Crippen LogP contribution in [0.1, 0.15) is 47.1 Å². The summed E-state index contributed by atoms with van der Waals surface area (Å²) in [5, 5.41) is 16.9. The van der Waals surface area contributed by atoms with E-state index in [2.05, 4.69) is 10.6 Å². The summed E-state index contributed by atoms with van der Waals surface area (Å²) in [6.07, 6.45) is -10.9. The van der Waals surface area contributed by atoms with Gasteiger partial charge in [0.05, 0.1) is 19.3 Å². The third-order valence-electron chi connectivity index (χ3n) is 9.71. The monoisotopic (exact) mass is 974 g/mol. The smallest absolute Gasteiger partial charge is 0.407 e. The summed E-state index contributed by atoms with van der Waals surface area (Å²) in [6.45, 7) is 11.9. The Morgan fingerprint density at radius 3 is 1.75 bits per heavy atom. The molecule has 0 spiro atoms. The van der Waals surface area contributed by atoms with Crippen molar-refractivity contribution in [3.05, 3.63) is 35.9 Å². The molecular formula is C36H52Cl6N2O14Si. The van der Waals surface area contributed by atoms with Crippen molar-refractivity contribution >= 4 is 102 Å². The second kappa shape index (κ2) is 22.2. The summed E-state index contributed by atoms with van der Waals surface area (Å²) in [4.78, 5) is 50.3. The predicted molar refractivity (Wildman–Crippen MR) is 221 cm³/mol. The number of ether oxygens (including phenoxy) is 8. The standard InChI is InChI=1S/C36H52Cl6N2O14Si/c1-19-23(15-50-20(2)45)56-30(25(28(19)55-21(3)46)43-32(48)53-17-35(37,38)39)52-16-24-27(47)29(58-59(7,8)34(4,5)6)26(44-33(49)54-18-36(40,41)42)31(57-24)51-14-22-12-10-9-11-13-22/h9-13,19,23-31,47H,14-18H2,1-8H3,(H,43,48)(H,44,49)/t19-,23?,24?,25?,26?,27-,28-,29+,30+,31+/m0/s1. The Bertz CT molecular complexity index is 1550. The molecule has 1 aromatic rings. The minimum atomic E-state index is -2.76. The lowest BCUT2D eigenvalue weighted by Gasteiger charge is -2.49. The lowest BCUT2D eigenvalue weighted by Crippen LogP contribution is -2.68. The highest BCUT2D eigenvalue weighted by molar-refractivity contribution is 6.74. The number of alkyl halides is 6. The Morgan fingerprint density at radius 2 is 1.25 bits per heavy atom. The first-order valence-corrected chi connectivity index (χ1v) is 23.6. The van der Waals surface area contributed by atoms with E-state index in [4.69, 9.17) is 112 Å². The van der Waals surface area contributed by atoms with Gasteiger partial charge < -0.3 is 58.1 Å². The molecule has 2 amide bonds. The van der Waals surface area contributed by atoms with Crippen molar-refractivity contribution in [1.29, 1.82) is 0 Å². The van der Waals surface area contributed by atoms with Gasteiger partial charge in [-0.2, -0.15) is 0 Å². The number of benzene rings is 1. The number of nitrogens with one attached hydrogen (secondary N) is 2. The van der Waals surface area contributed by atoms with Crippen LogP contribution in [-0.4, -0.2) is 127 Å². The summed E-state index contributed by atoms with van der Waals surface area (Å²) >= 11 is 34.8. The van der Waals surface area contributed by atoms with Gasteiger partial charge in [0.15, 0.2) is 20.9 Å². The van der Waals surface area contributed by atoms with Crippen LogP contribution in [0.3, 0.4) is 0 Å². The largest absolute Gasteiger partial charge is 0.463 e. The third-order valence-corrected chi connectivity index (χ3v) is 14.8. The van der Waals surface area contributed by atoms with Crippen molar-refractivity contribution in [2.75, 3.05) is 26.4 Å². The molecule has 2 aliphatic rings. The maximum atomic E-state index is 13.2. The van der Waals surface area contributed by atoms with Gasteiger partial charge in [-0.1, -0.05) is 128 Å². The van der Waals surface area contributed by atoms with Gasteiger partial charge in [-0.15, -0.1) is 0 Å². The molecule has 2 fully saturated rings. The quantitative estimate of drug-likeness (QED) is 0.0748. The Kier molecular flexibility index (Phi) is 19.4. The SMILES string of the molecule is CC(=O)OCC1O[C@@H](OCC2O[C@@H](OCc3ccccc3)C(NC(=O)OCC(Cl)(Cl)Cl)[C@@H](O[Si](C)(C)C(C)(C)C)[C@H]2O)C(NC(=O)OCC(Cl)(Cl)Cl)[C@@H](OC(C)=O)[C@H]1C. The van der Waals surface area contributed by atoms with E-state index in [0.29, 0.717) is 0 Å². The van der Waals surface area contributed by atoms with Crippen LogP contribution in [0.2, 0.25) is 18.1 Å². The van der Waals surface area contributed by atoms with Crippen molar-refractivity contribution in [1.82, 2.24) is 10.6 Å². The van der Waals surface area contributed by atoms with Crippen molar-refractivity contribution in [3.8, 4) is 0 Å². The summed E-state index contributed by atoms with van der Waals surface area (Å²) < 4.78 is 49.1. The lowest BCUT2D eigenvalue weighted by molar-refractivity contribution is -0.299. The number of carbonyl (C=O) groups excluding carboxylic acids is 4. The fourth-order valence-electron chi connectivity index (χ4n) is 5.73. The zero-order chi connectivity index (χ0) is 44.5. The Hall–Kier alpha value is -1.58. The van der Waals surface area contributed by atoms with Crippen LogP contribution in [-0.2, 0) is 58.5 Å². The number of carbonyl (C=O) groups is 4. The normalized spacial score (nSPS) is 27.9. The first kappa shape index (κ1) is 51.8. The average Bonchev–Trinajstić information content (AvgIpc) is 3.11. The number of hydrogen-bond acceptors (Lipinski definition) is 14. The molecule has 0 aliphatic carbocycles. The predicted octanol–water partition coefficient (Wildman–Crippen LogP) is 6.48. The van der Waals surface area contributed by atoms with Crippen LogP contribution in [0.5, 0.6) is 0 Å². The highest BCUT2D eigenvalue weighted by Gasteiger charge is 2.53. The molecule has 0 radical (unpaired) electrons. The first-order valence-electron chi connectivity index (χ1n) is 18.4. The number of rotatable bonds is 15. The molecule has 4 unspecified atom stereocenters. The van der Waals surface area contributed by atoms with E-state index in [0.717, 1.165) is 5.56 Å². The molecule has 10 atom stereocenters. The Balaban J connectivity index is 2.03. The number of aliphatic hydroxyl groups excluding tert-OH is 1. The minimum Gasteiger partial charge on any atom is -0.463 e. The second-order valence-electron chi connectivity index (χ2n) is 15.5. The number of aliphatic hydroxyl groups is 1. The molecule has 2 heterocycles. The minimum absolute atomic E-state index is 0.00279. The van der Waals surface area contributed by atoms with Gasteiger partial charge in [-0.3, -0.25) is 9.59 Å². The van der Waals surface area contributed by atoms with Gasteiger partial charge in [-0.25, -0.2) is 9.59 Å². The van der Waals surface area contributed by atoms with E-state index in [-0.39, 0.29) is 18.3 Å². The highest BCUT2D eigenvalue weighted by atomic mass is 35.6. The van der Waals surface area contributed by atoms with Crippen LogP contribution in [0, 0.1) is 5.92 Å². The third kappa shape index (κ3) is 16.9. The summed E-state index contributed by atoms with van der Waals surface area (Å²) in [6, 6.07) is 6.62. The number of hydrogen-bond donors (Lipinski definition) is 3. The first-order chi connectivity index (χ1) is 27.2. The van der Waals surface area contributed by atoms with Crippen LogP contribution < -0.4 is 10.6 Å². The fraction of sp³-hybridized carbons (Fsp3) is 0.722. The summed E-state index contributed by atoms with van der Waals surface area (Å²) in [7, 11) is -2.76. The zero-order valence-corrected chi connectivity index (χ0v) is 39.3. The van der Waals surface area contributed by atoms with E-state index in [1.54, 1.807) is 6.92 Å². The van der Waals surface area contributed by atoms with Crippen molar-refractivity contribution in [2.24, 2.45) is 5.92 Å². The Morgan fingerprint density at radius 1 is 0.746 bits per heavy atom. The highest BCUT2D eigenvalue weighted by Crippen LogP contribution is 2.40. The van der Waals surface area contributed by atoms with E-state index >= 15 is 0 Å². The molecule has 3 N–H and O–H groups in total. The van der Waals surface area contributed by atoms with E-state index < -0.39 is 121 Å². The molecule has 0 saturated carbocycles. The van der Waals surface area contributed by atoms with Crippen LogP contribution in [0.25, 0.3) is 0 Å². The van der Waals surface area contributed by atoms with E-state index in [1.807, 2.05) is 64.2 Å². The molecule has 16 nitrogen and oxygen atoms in total. The van der Waals surface area contributed by atoms with Gasteiger partial charge in [0.25, 0.3) is 0 Å². The van der Waals surface area contributed by atoms with Gasteiger partial charge in [0, 0.05) is 19.8 Å². The van der Waals surface area contributed by atoms with E-state index in [9.17, 15) is 24.3 Å². The zero-order valence-electron chi connectivity index (χ0n) is 33.7. The summed E-state index contributed by atoms with van der Waals surface area (Å²) in [5.41, 5.74) is 0.755. The second-order valence-corrected chi connectivity index (χ2v) is 25.3. The molecule has 336 valence electrons. The van der Waals surface area contributed by atoms with Crippen molar-refractivity contribution in [3.63, 3.8) is 0 Å². The Labute approximate surface area is 374 Å². The molecule has 1 aromatic carbocycles. The fourth-order valence-corrected chi connectivity index (χ4v) is 7.38. The number of alkyl carbamates (subject to hydrolysis) is 2. The van der Waals surface area contributed by atoms with Crippen molar-refractivity contribution < 1.29 is 66.6 Å². The molecule has 0 aromatic heterocycles. The molecule has 59 heavy (non-hydrogen) atoms. The number of amides is 2. The maximum Gasteiger partial charge on any atom is 0.407 e. The van der Waals surface area contributed by atoms with Crippen LogP contribution >= 0.6 is 69.6 Å². The number of esters is 2. The van der Waals surface area contributed by atoms with E-state index in [1.165, 1.54) is 13.8 Å². The van der Waals surface area contributed by atoms with Gasteiger partial charge in [0.1, 0.15) is 56.3 Å². The van der Waals surface area contributed by atoms with Gasteiger partial charge in [-0.05, 0) is 23.7 Å². The van der Waals surface area contributed by atoms with Crippen LogP contribution in [0.15, 0.2) is 30.3 Å². The van der Waals surface area contributed by atoms with Crippen LogP contribution in [0.4, 0.5) is 9.59 Å². The molecule has 3 rings (SSSR count). The lowest BCUT2D eigenvalue weighted by atomic mass is 9.89. The van der Waals surface area contributed by atoms with Crippen molar-refractivity contribution in [2.45, 2.75) is 129 Å². The molecule has 2 aliphatic heterocycles. The molecule has 0 bridgehead atoms. The maximum absolute atomic E-state index is 13.2. The molecule has 2 saturated heterocycles. The number of halogens is 6. The topological polar surface area (TPSA) is 196 Å².